The minimum absolute atomic E-state index is 0.0152. The summed E-state index contributed by atoms with van der Waals surface area (Å²) < 4.78 is 0. The van der Waals surface area contributed by atoms with Crippen LogP contribution in [0.3, 0.4) is 0 Å². The van der Waals surface area contributed by atoms with Crippen LogP contribution in [0.5, 0.6) is 5.75 Å². The van der Waals surface area contributed by atoms with Crippen molar-refractivity contribution in [2.75, 3.05) is 52.4 Å². The van der Waals surface area contributed by atoms with Gasteiger partial charge in [0.05, 0.1) is 12.5 Å². The van der Waals surface area contributed by atoms with E-state index >= 15 is 0 Å². The smallest absolute Gasteiger partial charge is 0.304 e. The van der Waals surface area contributed by atoms with Gasteiger partial charge in [-0.3, -0.25) is 19.4 Å². The molecule has 2 fully saturated rings. The molecule has 41 heavy (non-hydrogen) atoms. The van der Waals surface area contributed by atoms with Crippen LogP contribution in [0.25, 0.3) is 0 Å². The minimum atomic E-state index is -0.791. The number of hydrogen-bond donors (Lipinski definition) is 2. The molecule has 0 aliphatic carbocycles. The zero-order chi connectivity index (χ0) is 29.5. The Hall–Kier alpha value is -2.94. The van der Waals surface area contributed by atoms with E-state index in [0.717, 1.165) is 43.7 Å². The third-order valence-electron chi connectivity index (χ3n) is 8.89. The van der Waals surface area contributed by atoms with E-state index in [-0.39, 0.29) is 24.1 Å². The van der Waals surface area contributed by atoms with E-state index in [0.29, 0.717) is 49.7 Å². The van der Waals surface area contributed by atoms with Gasteiger partial charge in [-0.1, -0.05) is 44.5 Å². The van der Waals surface area contributed by atoms with Crippen LogP contribution in [-0.2, 0) is 4.79 Å². The van der Waals surface area contributed by atoms with Crippen molar-refractivity contribution in [2.24, 2.45) is 5.92 Å². The Labute approximate surface area is 245 Å². The predicted molar refractivity (Wildman–Crippen MR) is 162 cm³/mol. The van der Waals surface area contributed by atoms with Crippen molar-refractivity contribution in [1.82, 2.24) is 19.6 Å². The summed E-state index contributed by atoms with van der Waals surface area (Å²) in [5.74, 6) is 0.124. The first-order chi connectivity index (χ1) is 19.7. The Morgan fingerprint density at radius 2 is 1.68 bits per heavy atom. The van der Waals surface area contributed by atoms with Crippen LogP contribution in [-0.4, -0.2) is 106 Å². The highest BCUT2D eigenvalue weighted by atomic mass is 16.4. The second kappa shape index (κ2) is 14.3. The van der Waals surface area contributed by atoms with Gasteiger partial charge in [0.2, 0.25) is 0 Å². The maximum atomic E-state index is 13.7. The van der Waals surface area contributed by atoms with Crippen molar-refractivity contribution in [3.8, 4) is 5.75 Å². The second-order valence-electron chi connectivity index (χ2n) is 12.1. The van der Waals surface area contributed by atoms with E-state index < -0.39 is 5.97 Å². The Bertz CT molecular complexity index is 1170. The summed E-state index contributed by atoms with van der Waals surface area (Å²) in [6, 6.07) is 16.1. The van der Waals surface area contributed by atoms with Crippen LogP contribution in [0.15, 0.2) is 48.5 Å². The molecule has 4 atom stereocenters. The Morgan fingerprint density at radius 3 is 2.39 bits per heavy atom. The van der Waals surface area contributed by atoms with Crippen molar-refractivity contribution in [3.63, 3.8) is 0 Å². The highest BCUT2D eigenvalue weighted by Crippen LogP contribution is 2.35. The van der Waals surface area contributed by atoms with Crippen LogP contribution in [0, 0.1) is 5.92 Å². The Morgan fingerprint density at radius 1 is 0.951 bits per heavy atom. The number of hydrogen-bond acceptors (Lipinski definition) is 6. The molecular weight excluding hydrogens is 516 g/mol. The van der Waals surface area contributed by atoms with E-state index in [1.54, 1.807) is 6.07 Å². The molecular formula is C33H48N4O4. The topological polar surface area (TPSA) is 87.6 Å². The first kappa shape index (κ1) is 31.0. The van der Waals surface area contributed by atoms with Crippen LogP contribution in [0.4, 0.5) is 0 Å². The van der Waals surface area contributed by atoms with Crippen molar-refractivity contribution in [1.29, 1.82) is 0 Å². The molecule has 2 aromatic rings. The lowest BCUT2D eigenvalue weighted by molar-refractivity contribution is -0.137. The molecule has 8 heteroatoms. The number of nitrogens with zero attached hydrogens (tertiary/aromatic N) is 4. The van der Waals surface area contributed by atoms with E-state index in [2.05, 4.69) is 54.5 Å². The first-order valence-electron chi connectivity index (χ1n) is 15.3. The molecule has 2 aliphatic rings. The van der Waals surface area contributed by atoms with Gasteiger partial charge in [-0.25, -0.2) is 0 Å². The number of aromatic hydroxyl groups is 1. The number of phenols is 1. The third kappa shape index (κ3) is 8.09. The number of carboxylic acid groups (broad SMARTS) is 1. The van der Waals surface area contributed by atoms with Gasteiger partial charge >= 0.3 is 5.97 Å². The lowest BCUT2D eigenvalue weighted by Crippen LogP contribution is -2.57. The summed E-state index contributed by atoms with van der Waals surface area (Å²) in [4.78, 5) is 33.9. The van der Waals surface area contributed by atoms with Crippen molar-refractivity contribution >= 4 is 11.9 Å². The maximum absolute atomic E-state index is 13.7. The van der Waals surface area contributed by atoms with Crippen LogP contribution in [0.2, 0.25) is 0 Å². The van der Waals surface area contributed by atoms with Gasteiger partial charge < -0.3 is 20.0 Å². The van der Waals surface area contributed by atoms with Crippen LogP contribution in [0.1, 0.15) is 74.5 Å². The summed E-state index contributed by atoms with van der Waals surface area (Å²) >= 11 is 0. The number of aliphatic carboxylic acids is 1. The third-order valence-corrected chi connectivity index (χ3v) is 8.89. The van der Waals surface area contributed by atoms with Gasteiger partial charge in [0.15, 0.2) is 0 Å². The second-order valence-corrected chi connectivity index (χ2v) is 12.1. The number of rotatable bonds is 10. The van der Waals surface area contributed by atoms with Crippen LogP contribution < -0.4 is 0 Å². The number of carbonyl (C=O) groups is 2. The fraction of sp³-hybridized carbons (Fsp3) is 0.576. The van der Waals surface area contributed by atoms with Gasteiger partial charge in [0.1, 0.15) is 5.75 Å². The molecule has 0 radical (unpaired) electrons. The summed E-state index contributed by atoms with van der Waals surface area (Å²) in [6.45, 7) is 15.4. The van der Waals surface area contributed by atoms with Crippen molar-refractivity contribution in [2.45, 2.75) is 65.1 Å². The monoisotopic (exact) mass is 564 g/mol. The number of phenolic OH excluding ortho intramolecular Hbond substituents is 1. The number of piperazine rings is 1. The van der Waals surface area contributed by atoms with Crippen molar-refractivity contribution < 1.29 is 19.8 Å². The molecule has 0 saturated carbocycles. The molecule has 0 spiro atoms. The van der Waals surface area contributed by atoms with E-state index in [9.17, 15) is 14.7 Å². The largest absolute Gasteiger partial charge is 0.508 e. The fourth-order valence-corrected chi connectivity index (χ4v) is 6.31. The predicted octanol–water partition coefficient (Wildman–Crippen LogP) is 4.54. The fourth-order valence-electron chi connectivity index (χ4n) is 6.31. The van der Waals surface area contributed by atoms with Gasteiger partial charge in [-0.05, 0) is 68.1 Å². The summed E-state index contributed by atoms with van der Waals surface area (Å²) in [5, 5.41) is 19.4. The zero-order valence-corrected chi connectivity index (χ0v) is 25.2. The molecule has 4 rings (SSSR count). The molecule has 0 bridgehead atoms. The highest BCUT2D eigenvalue weighted by molar-refractivity contribution is 5.94. The van der Waals surface area contributed by atoms with Gasteiger partial charge in [-0.15, -0.1) is 0 Å². The number of benzene rings is 2. The Balaban J connectivity index is 1.57. The molecule has 1 amide bonds. The van der Waals surface area contributed by atoms with Crippen LogP contribution >= 0.6 is 0 Å². The summed E-state index contributed by atoms with van der Waals surface area (Å²) in [6.07, 6.45) is 2.12. The standard InChI is InChI=1S/C33H48N4O4/c1-5-24(2)21-36-22-26(4)37(23-25(36)3)32(28-10-7-12-30(38)20-28)27-9-6-11-29(19-27)33(41)35-15-8-14-34(17-18-35)16-13-31(39)40/h6-7,9-12,19-20,24-26,32,38H,5,8,13-18,21-23H2,1-4H3,(H,39,40)/t24?,25-,26+,32-/m1/s1. The maximum Gasteiger partial charge on any atom is 0.304 e. The molecule has 1 unspecified atom stereocenters. The first-order valence-corrected chi connectivity index (χ1v) is 15.3. The van der Waals surface area contributed by atoms with Gasteiger partial charge in [-0.2, -0.15) is 0 Å². The quantitative estimate of drug-likeness (QED) is 0.438. The average Bonchev–Trinajstić information content (AvgIpc) is 3.20. The molecule has 2 saturated heterocycles. The van der Waals surface area contributed by atoms with E-state index in [1.165, 1.54) is 6.42 Å². The molecule has 0 aromatic heterocycles. The van der Waals surface area contributed by atoms with Gasteiger partial charge in [0.25, 0.3) is 5.91 Å². The zero-order valence-electron chi connectivity index (χ0n) is 25.2. The SMILES string of the molecule is CCC(C)CN1C[C@H](C)N([C@@H](c2cccc(O)c2)c2cccc(C(=O)N3CCCN(CCC(=O)O)CC3)c2)C[C@H]1C. The average molecular weight is 565 g/mol. The Kier molecular flexibility index (Phi) is 10.8. The molecule has 8 nitrogen and oxygen atoms in total. The number of amides is 1. The molecule has 2 aromatic carbocycles. The number of carbonyl (C=O) groups excluding carboxylic acids is 1. The lowest BCUT2D eigenvalue weighted by atomic mass is 9.92. The molecule has 224 valence electrons. The van der Waals surface area contributed by atoms with E-state index in [1.807, 2.05) is 35.2 Å². The summed E-state index contributed by atoms with van der Waals surface area (Å²) in [7, 11) is 0. The summed E-state index contributed by atoms with van der Waals surface area (Å²) in [5.41, 5.74) is 2.74. The van der Waals surface area contributed by atoms with Crippen molar-refractivity contribution in [3.05, 3.63) is 65.2 Å². The molecule has 2 heterocycles. The molecule has 2 N–H and O–H groups in total. The number of carboxylic acids is 1. The minimum Gasteiger partial charge on any atom is -0.508 e. The van der Waals surface area contributed by atoms with Gasteiger partial charge in [0, 0.05) is 63.5 Å². The highest BCUT2D eigenvalue weighted by Gasteiger charge is 2.35. The normalized spacial score (nSPS) is 22.7. The molecule has 2 aliphatic heterocycles. The lowest BCUT2D eigenvalue weighted by Gasteiger charge is -2.48. The van der Waals surface area contributed by atoms with E-state index in [4.69, 9.17) is 5.11 Å².